The summed E-state index contributed by atoms with van der Waals surface area (Å²) in [4.78, 5) is 23.3. The van der Waals surface area contributed by atoms with Gasteiger partial charge in [-0.2, -0.15) is 0 Å². The van der Waals surface area contributed by atoms with E-state index in [0.717, 1.165) is 24.8 Å². The minimum absolute atomic E-state index is 0.0656. The third kappa shape index (κ3) is 1.05. The third-order valence-corrected chi connectivity index (χ3v) is 4.31. The topological polar surface area (TPSA) is 34.1 Å². The normalized spacial score (nSPS) is 38.6. The first-order valence-corrected chi connectivity index (χ1v) is 5.59. The average Bonchev–Trinajstić information content (AvgIpc) is 2.24. The van der Waals surface area contributed by atoms with Crippen LogP contribution in [0.1, 0.15) is 32.6 Å². The Bertz CT molecular complexity index is 428. The lowest BCUT2D eigenvalue weighted by atomic mass is 9.55. The third-order valence-electron chi connectivity index (χ3n) is 4.31. The molecule has 2 bridgehead atoms. The second-order valence-corrected chi connectivity index (χ2v) is 5.04. The summed E-state index contributed by atoms with van der Waals surface area (Å²) >= 11 is 0. The summed E-state index contributed by atoms with van der Waals surface area (Å²) in [5, 5.41) is 0. The standard InChI is InChI=1S/C13H14O2/c1-8-10-6-9-2-4-13(10,7-12(9)15)5-3-11(8)14/h3,5,9H,2,4,6-7H2,1H3. The molecular formula is C13H14O2. The molecular weight excluding hydrogens is 188 g/mol. The fourth-order valence-corrected chi connectivity index (χ4v) is 3.34. The molecule has 4 aliphatic rings. The first-order valence-electron chi connectivity index (χ1n) is 5.59. The molecule has 0 heterocycles. The van der Waals surface area contributed by atoms with E-state index >= 15 is 0 Å². The Morgan fingerprint density at radius 3 is 2.93 bits per heavy atom. The Morgan fingerprint density at radius 2 is 2.20 bits per heavy atom. The largest absolute Gasteiger partial charge is 0.299 e. The highest BCUT2D eigenvalue weighted by atomic mass is 16.1. The molecule has 3 fully saturated rings. The number of Topliss-reactive ketones (excluding diaryl/α,β-unsaturated/α-hetero) is 1. The lowest BCUT2D eigenvalue weighted by molar-refractivity contribution is -0.129. The summed E-state index contributed by atoms with van der Waals surface area (Å²) in [5.41, 5.74) is 2.09. The zero-order chi connectivity index (χ0) is 10.6. The first kappa shape index (κ1) is 9.08. The highest BCUT2D eigenvalue weighted by Gasteiger charge is 2.49. The molecule has 0 aromatic rings. The Morgan fingerprint density at radius 1 is 1.40 bits per heavy atom. The number of allylic oxidation sites excluding steroid dienone is 4. The minimum Gasteiger partial charge on any atom is -0.299 e. The van der Waals surface area contributed by atoms with Gasteiger partial charge in [0.2, 0.25) is 0 Å². The molecule has 0 radical (unpaired) electrons. The highest BCUT2D eigenvalue weighted by molar-refractivity contribution is 6.06. The van der Waals surface area contributed by atoms with Gasteiger partial charge in [-0.15, -0.1) is 0 Å². The molecule has 4 rings (SSSR count). The van der Waals surface area contributed by atoms with E-state index in [-0.39, 0.29) is 17.1 Å². The molecule has 1 spiro atoms. The molecule has 78 valence electrons. The van der Waals surface area contributed by atoms with Crippen LogP contribution in [0, 0.1) is 11.3 Å². The second kappa shape index (κ2) is 2.69. The van der Waals surface area contributed by atoms with Crippen molar-refractivity contribution < 1.29 is 9.59 Å². The van der Waals surface area contributed by atoms with Crippen LogP contribution in [-0.2, 0) is 9.59 Å². The molecule has 2 heteroatoms. The first-order chi connectivity index (χ1) is 7.12. The van der Waals surface area contributed by atoms with Gasteiger partial charge < -0.3 is 0 Å². The average molecular weight is 202 g/mol. The minimum atomic E-state index is -0.0656. The lowest BCUT2D eigenvalue weighted by Gasteiger charge is -2.47. The lowest BCUT2D eigenvalue weighted by Crippen LogP contribution is -2.43. The number of hydrogen-bond donors (Lipinski definition) is 0. The fraction of sp³-hybridized carbons (Fsp3) is 0.538. The van der Waals surface area contributed by atoms with Crippen molar-refractivity contribution in [2.24, 2.45) is 11.3 Å². The van der Waals surface area contributed by atoms with Crippen molar-refractivity contribution in [3.8, 4) is 0 Å². The quantitative estimate of drug-likeness (QED) is 0.603. The van der Waals surface area contributed by atoms with E-state index in [0.29, 0.717) is 12.2 Å². The summed E-state index contributed by atoms with van der Waals surface area (Å²) in [6.07, 6.45) is 7.19. The molecule has 2 atom stereocenters. The molecule has 0 aliphatic heterocycles. The van der Waals surface area contributed by atoms with E-state index in [9.17, 15) is 9.59 Å². The highest BCUT2D eigenvalue weighted by Crippen LogP contribution is 2.55. The molecule has 0 amide bonds. The number of hydrogen-bond acceptors (Lipinski definition) is 2. The monoisotopic (exact) mass is 202 g/mol. The van der Waals surface area contributed by atoms with Crippen LogP contribution in [0.2, 0.25) is 0 Å². The number of carbonyl (C=O) groups is 2. The van der Waals surface area contributed by atoms with Crippen molar-refractivity contribution >= 4 is 11.6 Å². The van der Waals surface area contributed by atoms with Gasteiger partial charge in [-0.25, -0.2) is 0 Å². The maximum Gasteiger partial charge on any atom is 0.181 e. The molecule has 0 aromatic heterocycles. The van der Waals surface area contributed by atoms with Crippen molar-refractivity contribution in [3.63, 3.8) is 0 Å². The van der Waals surface area contributed by atoms with Crippen molar-refractivity contribution in [2.75, 3.05) is 0 Å². The molecule has 0 N–H and O–H groups in total. The van der Waals surface area contributed by atoms with Crippen LogP contribution in [-0.4, -0.2) is 11.6 Å². The van der Waals surface area contributed by atoms with Gasteiger partial charge in [0.25, 0.3) is 0 Å². The van der Waals surface area contributed by atoms with Gasteiger partial charge in [-0.05, 0) is 37.8 Å². The Balaban J connectivity index is 2.15. The van der Waals surface area contributed by atoms with E-state index in [1.54, 1.807) is 6.08 Å². The van der Waals surface area contributed by atoms with Gasteiger partial charge in [0.1, 0.15) is 5.78 Å². The molecule has 3 saturated carbocycles. The van der Waals surface area contributed by atoms with Crippen LogP contribution in [0.25, 0.3) is 0 Å². The Hall–Kier alpha value is -1.18. The predicted octanol–water partition coefficient (Wildman–Crippen LogP) is 2.20. The number of carbonyl (C=O) groups excluding carboxylic acids is 2. The maximum absolute atomic E-state index is 11.8. The van der Waals surface area contributed by atoms with Crippen molar-refractivity contribution in [1.29, 1.82) is 0 Å². The second-order valence-electron chi connectivity index (χ2n) is 5.04. The Labute approximate surface area is 89.0 Å². The van der Waals surface area contributed by atoms with Crippen LogP contribution in [0.15, 0.2) is 23.3 Å². The summed E-state index contributed by atoms with van der Waals surface area (Å²) in [6, 6.07) is 0. The van der Waals surface area contributed by atoms with E-state index in [1.165, 1.54) is 5.57 Å². The maximum atomic E-state index is 11.8. The summed E-state index contributed by atoms with van der Waals surface area (Å²) in [7, 11) is 0. The summed E-state index contributed by atoms with van der Waals surface area (Å²) < 4.78 is 0. The number of rotatable bonds is 0. The molecule has 0 aromatic carbocycles. The van der Waals surface area contributed by atoms with Crippen LogP contribution in [0.4, 0.5) is 0 Å². The molecule has 0 saturated heterocycles. The molecule has 2 nitrogen and oxygen atoms in total. The van der Waals surface area contributed by atoms with E-state index in [4.69, 9.17) is 0 Å². The van der Waals surface area contributed by atoms with Crippen molar-refractivity contribution in [3.05, 3.63) is 23.3 Å². The van der Waals surface area contributed by atoms with E-state index < -0.39 is 0 Å². The summed E-state index contributed by atoms with van der Waals surface area (Å²) in [6.45, 7) is 1.91. The van der Waals surface area contributed by atoms with Crippen LogP contribution >= 0.6 is 0 Å². The van der Waals surface area contributed by atoms with Crippen LogP contribution in [0.5, 0.6) is 0 Å². The van der Waals surface area contributed by atoms with Crippen molar-refractivity contribution in [2.45, 2.75) is 32.6 Å². The predicted molar refractivity (Wildman–Crippen MR) is 56.2 cm³/mol. The van der Waals surface area contributed by atoms with Crippen LogP contribution in [0.3, 0.4) is 0 Å². The van der Waals surface area contributed by atoms with Gasteiger partial charge in [0, 0.05) is 17.8 Å². The molecule has 2 unspecified atom stereocenters. The Kier molecular flexibility index (Phi) is 1.63. The van der Waals surface area contributed by atoms with Crippen molar-refractivity contribution in [1.82, 2.24) is 0 Å². The van der Waals surface area contributed by atoms with Gasteiger partial charge in [-0.3, -0.25) is 9.59 Å². The molecule has 4 aliphatic carbocycles. The van der Waals surface area contributed by atoms with E-state index in [2.05, 4.69) is 0 Å². The molecule has 15 heavy (non-hydrogen) atoms. The zero-order valence-corrected chi connectivity index (χ0v) is 8.88. The number of ketones is 2. The van der Waals surface area contributed by atoms with E-state index in [1.807, 2.05) is 13.0 Å². The SMILES string of the molecule is CC1=C2CC3CCC2(C=CC1=O)CC3=O. The smallest absolute Gasteiger partial charge is 0.181 e. The van der Waals surface area contributed by atoms with Gasteiger partial charge in [0.05, 0.1) is 0 Å². The van der Waals surface area contributed by atoms with Gasteiger partial charge >= 0.3 is 0 Å². The zero-order valence-electron chi connectivity index (χ0n) is 8.88. The van der Waals surface area contributed by atoms with Crippen LogP contribution < -0.4 is 0 Å². The number of fused-ring (bicyclic) bond motifs is 2. The fourth-order valence-electron chi connectivity index (χ4n) is 3.34. The van der Waals surface area contributed by atoms with Gasteiger partial charge in [-0.1, -0.05) is 11.6 Å². The van der Waals surface area contributed by atoms with Gasteiger partial charge in [0.15, 0.2) is 5.78 Å². The summed E-state index contributed by atoms with van der Waals surface area (Å²) in [5.74, 6) is 0.739.